The molecule has 1 aromatic heterocycles. The Labute approximate surface area is 210 Å². The van der Waals surface area contributed by atoms with Gasteiger partial charge >= 0.3 is 0 Å². The first-order valence-corrected chi connectivity index (χ1v) is 12.3. The van der Waals surface area contributed by atoms with E-state index in [4.69, 9.17) is 26.1 Å². The van der Waals surface area contributed by atoms with Gasteiger partial charge in [-0.05, 0) is 73.5 Å². The highest BCUT2D eigenvalue weighted by atomic mass is 35.5. The van der Waals surface area contributed by atoms with E-state index in [1.54, 1.807) is 19.2 Å². The van der Waals surface area contributed by atoms with E-state index in [2.05, 4.69) is 17.1 Å². The highest BCUT2D eigenvalue weighted by Crippen LogP contribution is 2.34. The number of pyridine rings is 1. The average molecular weight is 496 g/mol. The van der Waals surface area contributed by atoms with Crippen LogP contribution in [0.4, 0.5) is 10.1 Å². The zero-order valence-electron chi connectivity index (χ0n) is 20.4. The van der Waals surface area contributed by atoms with E-state index in [0.29, 0.717) is 11.6 Å². The molecule has 0 aliphatic carbocycles. The molecule has 7 heteroatoms. The molecule has 4 aromatic rings. The first-order chi connectivity index (χ1) is 17.0. The molecule has 0 saturated heterocycles. The van der Waals surface area contributed by atoms with Gasteiger partial charge in [-0.1, -0.05) is 24.6 Å². The molecular weight excluding hydrogens is 465 g/mol. The van der Waals surface area contributed by atoms with Crippen LogP contribution in [-0.4, -0.2) is 43.7 Å². The second-order valence-corrected chi connectivity index (χ2v) is 8.99. The molecule has 1 heterocycles. The maximum Gasteiger partial charge on any atom is 0.165 e. The van der Waals surface area contributed by atoms with Crippen molar-refractivity contribution in [1.82, 2.24) is 9.88 Å². The molecule has 0 unspecified atom stereocenters. The van der Waals surface area contributed by atoms with Crippen molar-refractivity contribution in [2.24, 2.45) is 0 Å². The minimum absolute atomic E-state index is 0.273. The highest BCUT2D eigenvalue weighted by Gasteiger charge is 2.12. The van der Waals surface area contributed by atoms with Gasteiger partial charge in [-0.2, -0.15) is 0 Å². The van der Waals surface area contributed by atoms with Gasteiger partial charge in [-0.25, -0.2) is 9.37 Å². The van der Waals surface area contributed by atoms with Crippen LogP contribution in [0.25, 0.3) is 21.8 Å². The predicted octanol–water partition coefficient (Wildman–Crippen LogP) is 6.91. The number of halogens is 2. The zero-order valence-corrected chi connectivity index (χ0v) is 21.2. The summed E-state index contributed by atoms with van der Waals surface area (Å²) in [5.41, 5.74) is 3.71. The van der Waals surface area contributed by atoms with Crippen molar-refractivity contribution in [2.45, 2.75) is 26.3 Å². The Morgan fingerprint density at radius 1 is 0.943 bits per heavy atom. The van der Waals surface area contributed by atoms with E-state index < -0.39 is 0 Å². The summed E-state index contributed by atoms with van der Waals surface area (Å²) >= 11 is 6.24. The van der Waals surface area contributed by atoms with Crippen LogP contribution in [0, 0.1) is 5.82 Å². The molecule has 0 saturated carbocycles. The van der Waals surface area contributed by atoms with Crippen LogP contribution in [0.1, 0.15) is 25.3 Å². The maximum absolute atomic E-state index is 14.1. The van der Waals surface area contributed by atoms with Crippen molar-refractivity contribution < 1.29 is 13.9 Å². The largest absolute Gasteiger partial charge is 0.497 e. The lowest BCUT2D eigenvalue weighted by Crippen LogP contribution is -2.26. The smallest absolute Gasteiger partial charge is 0.165 e. The monoisotopic (exact) mass is 495 g/mol. The number of fused-ring (bicyclic) bond motifs is 2. The van der Waals surface area contributed by atoms with Gasteiger partial charge in [0.2, 0.25) is 0 Å². The summed E-state index contributed by atoms with van der Waals surface area (Å²) < 4.78 is 24.6. The Balaban J connectivity index is 1.49. The lowest BCUT2D eigenvalue weighted by Gasteiger charge is -2.22. The van der Waals surface area contributed by atoms with E-state index in [9.17, 15) is 4.39 Å². The summed E-state index contributed by atoms with van der Waals surface area (Å²) in [6.07, 6.45) is 1.97. The molecule has 0 fully saturated rings. The van der Waals surface area contributed by atoms with Gasteiger partial charge < -0.3 is 14.8 Å². The van der Waals surface area contributed by atoms with Crippen molar-refractivity contribution in [2.75, 3.05) is 39.2 Å². The quantitative estimate of drug-likeness (QED) is 0.181. The molecule has 1 N–H and O–H groups in total. The number of benzene rings is 3. The van der Waals surface area contributed by atoms with Crippen molar-refractivity contribution in [3.05, 3.63) is 71.0 Å². The summed E-state index contributed by atoms with van der Waals surface area (Å²) in [7, 11) is 3.15. The van der Waals surface area contributed by atoms with Crippen molar-refractivity contribution >= 4 is 39.1 Å². The molecule has 0 aliphatic rings. The van der Waals surface area contributed by atoms with Crippen molar-refractivity contribution in [1.29, 1.82) is 0 Å². The molecule has 0 atom stereocenters. The molecule has 184 valence electrons. The summed E-state index contributed by atoms with van der Waals surface area (Å²) in [6, 6.07) is 16.9. The molecule has 0 aliphatic heterocycles. The molecule has 35 heavy (non-hydrogen) atoms. The molecule has 0 spiro atoms. The van der Waals surface area contributed by atoms with E-state index in [1.165, 1.54) is 7.11 Å². The van der Waals surface area contributed by atoms with Crippen LogP contribution < -0.4 is 14.8 Å². The molecule has 0 bridgehead atoms. The van der Waals surface area contributed by atoms with Crippen LogP contribution >= 0.6 is 11.6 Å². The fraction of sp³-hybridized carbons (Fsp3) is 0.321. The summed E-state index contributed by atoms with van der Waals surface area (Å²) in [6.45, 7) is 5.49. The third-order valence-corrected chi connectivity index (χ3v) is 6.29. The molecule has 0 radical (unpaired) electrons. The van der Waals surface area contributed by atoms with E-state index in [0.717, 1.165) is 71.3 Å². The molecule has 3 aromatic carbocycles. The first kappa shape index (κ1) is 25.0. The molecule has 4 rings (SSSR count). The second kappa shape index (κ2) is 11.6. The van der Waals surface area contributed by atoms with Crippen LogP contribution in [0.2, 0.25) is 5.02 Å². The van der Waals surface area contributed by atoms with Crippen LogP contribution in [0.3, 0.4) is 0 Å². The van der Waals surface area contributed by atoms with Gasteiger partial charge in [0.15, 0.2) is 11.6 Å². The normalized spacial score (nSPS) is 11.4. The first-order valence-electron chi connectivity index (χ1n) is 11.9. The average Bonchev–Trinajstić information content (AvgIpc) is 2.85. The number of nitrogens with zero attached hydrogens (tertiary/aromatic N) is 2. The second-order valence-electron chi connectivity index (χ2n) is 8.56. The summed E-state index contributed by atoms with van der Waals surface area (Å²) in [5.74, 6) is 0.737. The lowest BCUT2D eigenvalue weighted by molar-refractivity contribution is 0.264. The number of ether oxygens (including phenoxy) is 2. The third kappa shape index (κ3) is 5.95. The van der Waals surface area contributed by atoms with E-state index in [-0.39, 0.29) is 11.6 Å². The topological polar surface area (TPSA) is 46.6 Å². The highest BCUT2D eigenvalue weighted by molar-refractivity contribution is 6.31. The Hall–Kier alpha value is -3.09. The van der Waals surface area contributed by atoms with Crippen LogP contribution in [0.15, 0.2) is 54.6 Å². The number of anilines is 1. The number of hydrogen-bond donors (Lipinski definition) is 1. The van der Waals surface area contributed by atoms with Crippen molar-refractivity contribution in [3.63, 3.8) is 0 Å². The Bertz CT molecular complexity index is 1310. The standard InChI is InChI=1S/C28H31ClFN3O2/c1-4-13-33(18-19-6-11-27(35-3)24(30)15-19)14-5-12-31-28-22-9-7-20(29)16-26(22)32-25-10-8-21(34-2)17-23(25)28/h6-11,15-17H,4-5,12-14,18H2,1-3H3,(H,31,32). The number of rotatable bonds is 11. The van der Waals surface area contributed by atoms with Gasteiger partial charge in [0.1, 0.15) is 5.75 Å². The Morgan fingerprint density at radius 2 is 1.80 bits per heavy atom. The van der Waals surface area contributed by atoms with Crippen LogP contribution in [0.5, 0.6) is 11.5 Å². The van der Waals surface area contributed by atoms with Gasteiger partial charge in [0, 0.05) is 35.4 Å². The van der Waals surface area contributed by atoms with Crippen molar-refractivity contribution in [3.8, 4) is 11.5 Å². The van der Waals surface area contributed by atoms with Gasteiger partial charge in [-0.15, -0.1) is 0 Å². The lowest BCUT2D eigenvalue weighted by atomic mass is 10.1. The maximum atomic E-state index is 14.1. The number of aromatic nitrogens is 1. The Morgan fingerprint density at radius 3 is 2.54 bits per heavy atom. The minimum Gasteiger partial charge on any atom is -0.497 e. The summed E-state index contributed by atoms with van der Waals surface area (Å²) in [5, 5.41) is 6.34. The number of nitrogens with one attached hydrogen (secondary N) is 1. The fourth-order valence-electron chi connectivity index (χ4n) is 4.38. The number of methoxy groups -OCH3 is 2. The zero-order chi connectivity index (χ0) is 24.8. The number of hydrogen-bond acceptors (Lipinski definition) is 5. The SMILES string of the molecule is CCCN(CCCNc1c2ccc(Cl)cc2nc2ccc(OC)cc12)Cc1ccc(OC)c(F)c1. The fourth-order valence-corrected chi connectivity index (χ4v) is 4.55. The van der Waals surface area contributed by atoms with Gasteiger partial charge in [0.25, 0.3) is 0 Å². The van der Waals surface area contributed by atoms with E-state index in [1.807, 2.05) is 42.5 Å². The minimum atomic E-state index is -0.324. The van der Waals surface area contributed by atoms with Gasteiger partial charge in [0.05, 0.1) is 30.9 Å². The van der Waals surface area contributed by atoms with Crippen LogP contribution in [-0.2, 0) is 6.54 Å². The molecule has 5 nitrogen and oxygen atoms in total. The summed E-state index contributed by atoms with van der Waals surface area (Å²) in [4.78, 5) is 7.15. The Kier molecular flexibility index (Phi) is 8.26. The van der Waals surface area contributed by atoms with E-state index >= 15 is 0 Å². The van der Waals surface area contributed by atoms with Gasteiger partial charge in [-0.3, -0.25) is 4.90 Å². The third-order valence-electron chi connectivity index (χ3n) is 6.06. The molecular formula is C28H31ClFN3O2. The molecule has 0 amide bonds. The predicted molar refractivity (Wildman–Crippen MR) is 142 cm³/mol.